The molecule has 0 spiro atoms. The Morgan fingerprint density at radius 1 is 1.33 bits per heavy atom. The molecular weight excluding hydrogens is 442 g/mol. The molecule has 0 aromatic carbocycles. The van der Waals surface area contributed by atoms with E-state index in [0.717, 1.165) is 25.2 Å². The smallest absolute Gasteiger partial charge is 0.329 e. The van der Waals surface area contributed by atoms with Gasteiger partial charge in [-0.25, -0.2) is 4.98 Å². The lowest BCUT2D eigenvalue weighted by Gasteiger charge is -2.29. The van der Waals surface area contributed by atoms with E-state index in [2.05, 4.69) is 27.0 Å². The summed E-state index contributed by atoms with van der Waals surface area (Å²) in [5, 5.41) is 12.1. The van der Waals surface area contributed by atoms with Crippen LogP contribution in [0.15, 0.2) is 47.3 Å². The lowest BCUT2D eigenvalue weighted by molar-refractivity contribution is -0.384. The highest BCUT2D eigenvalue weighted by Gasteiger charge is 2.26. The molecule has 3 rings (SSSR count). The zero-order chi connectivity index (χ0) is 23.6. The maximum atomic E-state index is 12.4. The normalized spacial score (nSPS) is 18.5. The lowest BCUT2D eigenvalue weighted by Crippen LogP contribution is -2.35. The van der Waals surface area contributed by atoms with Crippen LogP contribution in [0.5, 0.6) is 0 Å². The molecule has 1 atom stereocenters. The van der Waals surface area contributed by atoms with E-state index >= 15 is 0 Å². The molecule has 1 aromatic rings. The van der Waals surface area contributed by atoms with Gasteiger partial charge in [0.05, 0.1) is 11.5 Å². The first-order valence-corrected chi connectivity index (χ1v) is 12.5. The maximum absolute atomic E-state index is 12.4. The molecule has 1 aliphatic carbocycles. The van der Waals surface area contributed by atoms with E-state index in [1.165, 1.54) is 37.2 Å². The molecule has 0 radical (unpaired) electrons. The highest BCUT2D eigenvalue weighted by Crippen LogP contribution is 2.28. The second kappa shape index (κ2) is 12.5. The third-order valence-corrected chi connectivity index (χ3v) is 6.09. The highest BCUT2D eigenvalue weighted by molar-refractivity contribution is 7.98. The SMILES string of the molecule is CCOC(=O)CN(CC1=CC(CN2CCCCC2)C=CC=C1)c1nc(SC)ncc1[N+](=O)[O-]. The summed E-state index contributed by atoms with van der Waals surface area (Å²) in [5.74, 6) is -0.122. The molecule has 0 saturated carbocycles. The predicted octanol–water partition coefficient (Wildman–Crippen LogP) is 3.63. The largest absolute Gasteiger partial charge is 0.465 e. The van der Waals surface area contributed by atoms with Gasteiger partial charge in [-0.1, -0.05) is 48.6 Å². The van der Waals surface area contributed by atoms with E-state index in [4.69, 9.17) is 4.74 Å². The molecule has 0 bridgehead atoms. The molecule has 178 valence electrons. The molecule has 1 aliphatic heterocycles. The Labute approximate surface area is 198 Å². The topological polar surface area (TPSA) is 102 Å². The van der Waals surface area contributed by atoms with Gasteiger partial charge >= 0.3 is 11.7 Å². The van der Waals surface area contributed by atoms with Crippen LogP contribution in [0.2, 0.25) is 0 Å². The van der Waals surface area contributed by atoms with Crippen molar-refractivity contribution in [2.24, 2.45) is 5.92 Å². The minimum absolute atomic E-state index is 0.117. The minimum Gasteiger partial charge on any atom is -0.465 e. The summed E-state index contributed by atoms with van der Waals surface area (Å²) < 4.78 is 5.13. The van der Waals surface area contributed by atoms with Crippen LogP contribution in [0.4, 0.5) is 11.5 Å². The van der Waals surface area contributed by atoms with Gasteiger partial charge in [0.25, 0.3) is 0 Å². The number of hydrogen-bond acceptors (Lipinski definition) is 9. The third-order valence-electron chi connectivity index (χ3n) is 5.53. The zero-order valence-electron chi connectivity index (χ0n) is 19.2. The second-order valence-electron chi connectivity index (χ2n) is 7.99. The second-order valence-corrected chi connectivity index (χ2v) is 8.77. The molecule has 9 nitrogen and oxygen atoms in total. The number of rotatable bonds is 10. The molecule has 1 aromatic heterocycles. The van der Waals surface area contributed by atoms with Crippen molar-refractivity contribution in [3.8, 4) is 0 Å². The van der Waals surface area contributed by atoms with Crippen molar-refractivity contribution in [3.05, 3.63) is 52.3 Å². The molecule has 10 heteroatoms. The van der Waals surface area contributed by atoms with Gasteiger partial charge in [-0.3, -0.25) is 14.9 Å². The van der Waals surface area contributed by atoms with Crippen LogP contribution < -0.4 is 4.90 Å². The quantitative estimate of drug-likeness (QED) is 0.166. The number of nitrogens with zero attached hydrogens (tertiary/aromatic N) is 5. The number of carbonyl (C=O) groups excluding carboxylic acids is 1. The zero-order valence-corrected chi connectivity index (χ0v) is 20.0. The number of hydrogen-bond donors (Lipinski definition) is 0. The third kappa shape index (κ3) is 7.40. The summed E-state index contributed by atoms with van der Waals surface area (Å²) >= 11 is 1.29. The molecule has 33 heavy (non-hydrogen) atoms. The average molecular weight is 474 g/mol. The molecule has 0 amide bonds. The van der Waals surface area contributed by atoms with Crippen molar-refractivity contribution in [2.45, 2.75) is 31.3 Å². The summed E-state index contributed by atoms with van der Waals surface area (Å²) in [5.41, 5.74) is 0.725. The molecule has 0 N–H and O–H groups in total. The van der Waals surface area contributed by atoms with E-state index in [0.29, 0.717) is 11.7 Å². The van der Waals surface area contributed by atoms with E-state index in [1.807, 2.05) is 18.2 Å². The Balaban J connectivity index is 1.88. The number of allylic oxidation sites excluding steroid dienone is 2. The summed E-state index contributed by atoms with van der Waals surface area (Å²) in [6.45, 7) is 5.27. The maximum Gasteiger partial charge on any atom is 0.329 e. The van der Waals surface area contributed by atoms with Crippen LogP contribution in [0.25, 0.3) is 0 Å². The number of ether oxygens (including phenoxy) is 1. The summed E-state index contributed by atoms with van der Waals surface area (Å²) in [6.07, 6.45) is 17.1. The van der Waals surface area contributed by atoms with E-state index < -0.39 is 10.9 Å². The van der Waals surface area contributed by atoms with Gasteiger partial charge in [-0.2, -0.15) is 4.98 Å². The minimum atomic E-state index is -0.518. The predicted molar refractivity (Wildman–Crippen MR) is 129 cm³/mol. The van der Waals surface area contributed by atoms with Crippen LogP contribution in [-0.2, 0) is 9.53 Å². The van der Waals surface area contributed by atoms with Gasteiger partial charge in [-0.15, -0.1) is 0 Å². The molecule has 2 heterocycles. The summed E-state index contributed by atoms with van der Waals surface area (Å²) in [6, 6.07) is 0. The monoisotopic (exact) mass is 473 g/mol. The number of thioether (sulfide) groups is 1. The first kappa shape index (κ1) is 24.9. The van der Waals surface area contributed by atoms with Gasteiger partial charge in [0.2, 0.25) is 5.82 Å². The number of aromatic nitrogens is 2. The Kier molecular flexibility index (Phi) is 9.44. The fraction of sp³-hybridized carbons (Fsp3) is 0.522. The molecular formula is C23H31N5O4S. The number of piperidine rings is 1. The number of likely N-dealkylation sites (tertiary alicyclic amines) is 1. The Morgan fingerprint density at radius 2 is 2.12 bits per heavy atom. The van der Waals surface area contributed by atoms with Gasteiger partial charge in [0.15, 0.2) is 5.16 Å². The van der Waals surface area contributed by atoms with Crippen molar-refractivity contribution in [1.82, 2.24) is 14.9 Å². The molecule has 1 fully saturated rings. The number of nitro groups is 1. The van der Waals surface area contributed by atoms with Gasteiger partial charge in [0.1, 0.15) is 12.7 Å². The van der Waals surface area contributed by atoms with Crippen LogP contribution in [-0.4, -0.2) is 71.3 Å². The molecule has 1 unspecified atom stereocenters. The van der Waals surface area contributed by atoms with E-state index in [1.54, 1.807) is 18.1 Å². The van der Waals surface area contributed by atoms with Crippen molar-refractivity contribution in [3.63, 3.8) is 0 Å². The Hall–Kier alpha value is -2.72. The van der Waals surface area contributed by atoms with E-state index in [-0.39, 0.29) is 30.6 Å². The number of esters is 1. The first-order chi connectivity index (χ1) is 16.0. The highest BCUT2D eigenvalue weighted by atomic mass is 32.2. The lowest BCUT2D eigenvalue weighted by atomic mass is 10.0. The van der Waals surface area contributed by atoms with Gasteiger partial charge < -0.3 is 14.5 Å². The Bertz CT molecular complexity index is 927. The van der Waals surface area contributed by atoms with Crippen LogP contribution in [0, 0.1) is 16.0 Å². The average Bonchev–Trinajstić information content (AvgIpc) is 3.03. The van der Waals surface area contributed by atoms with Crippen molar-refractivity contribution in [1.29, 1.82) is 0 Å². The fourth-order valence-corrected chi connectivity index (χ4v) is 4.37. The van der Waals surface area contributed by atoms with Gasteiger partial charge in [-0.05, 0) is 44.7 Å². The molecule has 1 saturated heterocycles. The van der Waals surface area contributed by atoms with Crippen LogP contribution >= 0.6 is 11.8 Å². The van der Waals surface area contributed by atoms with Crippen molar-refractivity contribution >= 4 is 29.2 Å². The van der Waals surface area contributed by atoms with Crippen molar-refractivity contribution in [2.75, 3.05) is 50.5 Å². The molecule has 2 aliphatic rings. The van der Waals surface area contributed by atoms with E-state index in [9.17, 15) is 14.9 Å². The van der Waals surface area contributed by atoms with Crippen molar-refractivity contribution < 1.29 is 14.5 Å². The first-order valence-electron chi connectivity index (χ1n) is 11.2. The van der Waals surface area contributed by atoms with Crippen LogP contribution in [0.3, 0.4) is 0 Å². The standard InChI is InChI=1S/C23H31N5O4S/c1-3-32-21(29)17-27(22-20(28(30)31)14-24-23(25-22)33-2)16-19-10-6-5-9-18(13-19)15-26-11-7-4-8-12-26/h5-6,9-10,13-14,18H,3-4,7-8,11-12,15-17H2,1-2H3. The fourth-order valence-electron chi connectivity index (χ4n) is 4.03. The number of carbonyl (C=O) groups is 1. The number of anilines is 1. The summed E-state index contributed by atoms with van der Waals surface area (Å²) in [7, 11) is 0. The van der Waals surface area contributed by atoms with Gasteiger partial charge in [0, 0.05) is 19.0 Å². The Morgan fingerprint density at radius 3 is 2.82 bits per heavy atom. The van der Waals surface area contributed by atoms with Crippen LogP contribution in [0.1, 0.15) is 26.2 Å². The summed E-state index contributed by atoms with van der Waals surface area (Å²) in [4.78, 5) is 36.0.